The van der Waals surface area contributed by atoms with Gasteiger partial charge in [0.2, 0.25) is 0 Å². The summed E-state index contributed by atoms with van der Waals surface area (Å²) in [6.45, 7) is 5.03. The van der Waals surface area contributed by atoms with E-state index in [1.165, 1.54) is 7.11 Å². The van der Waals surface area contributed by atoms with Crippen LogP contribution in [0.2, 0.25) is 0 Å². The van der Waals surface area contributed by atoms with Crippen molar-refractivity contribution in [2.24, 2.45) is 0 Å². The van der Waals surface area contributed by atoms with Crippen molar-refractivity contribution in [1.82, 2.24) is 5.32 Å². The predicted octanol–water partition coefficient (Wildman–Crippen LogP) is 2.40. The van der Waals surface area contributed by atoms with Gasteiger partial charge < -0.3 is 19.5 Å². The Morgan fingerprint density at radius 1 is 1.24 bits per heavy atom. The minimum atomic E-state index is -0.743. The molecule has 0 aromatic heterocycles. The van der Waals surface area contributed by atoms with E-state index in [4.69, 9.17) is 14.2 Å². The van der Waals surface area contributed by atoms with Crippen molar-refractivity contribution in [1.29, 1.82) is 0 Å². The Bertz CT molecular complexity index is 450. The smallest absolute Gasteiger partial charge is 0.325 e. The zero-order chi connectivity index (χ0) is 15.7. The topological polar surface area (TPSA) is 56.8 Å². The minimum absolute atomic E-state index is 0.278. The number of esters is 1. The van der Waals surface area contributed by atoms with Gasteiger partial charge in [0.15, 0.2) is 11.5 Å². The zero-order valence-corrected chi connectivity index (χ0v) is 13.3. The molecule has 0 saturated heterocycles. The van der Waals surface area contributed by atoms with Crippen molar-refractivity contribution >= 4 is 5.97 Å². The standard InChI is InChI=1S/C16H25NO4/c1-5-11-17-16(2,15(18)20-4)10-12-21-14-9-7-6-8-13(14)19-3/h6-9,17H,5,10-12H2,1-4H3. The van der Waals surface area contributed by atoms with Gasteiger partial charge in [0.1, 0.15) is 5.54 Å². The highest BCUT2D eigenvalue weighted by atomic mass is 16.5. The summed E-state index contributed by atoms with van der Waals surface area (Å²) < 4.78 is 15.8. The third-order valence-electron chi connectivity index (χ3n) is 3.33. The van der Waals surface area contributed by atoms with Crippen LogP contribution in [0.4, 0.5) is 0 Å². The van der Waals surface area contributed by atoms with E-state index in [-0.39, 0.29) is 5.97 Å². The number of para-hydroxylation sites is 2. The molecule has 0 aliphatic heterocycles. The number of nitrogens with one attached hydrogen (secondary N) is 1. The number of methoxy groups -OCH3 is 2. The van der Waals surface area contributed by atoms with Gasteiger partial charge in [-0.2, -0.15) is 0 Å². The van der Waals surface area contributed by atoms with Gasteiger partial charge in [0.25, 0.3) is 0 Å². The number of hydrogen-bond acceptors (Lipinski definition) is 5. The van der Waals surface area contributed by atoms with Crippen molar-refractivity contribution in [3.63, 3.8) is 0 Å². The molecule has 1 aromatic rings. The first-order valence-electron chi connectivity index (χ1n) is 7.16. The Morgan fingerprint density at radius 3 is 2.48 bits per heavy atom. The molecule has 0 spiro atoms. The van der Waals surface area contributed by atoms with Crippen LogP contribution in [0.3, 0.4) is 0 Å². The van der Waals surface area contributed by atoms with E-state index in [0.29, 0.717) is 24.5 Å². The summed E-state index contributed by atoms with van der Waals surface area (Å²) in [6.07, 6.45) is 1.46. The second kappa shape index (κ2) is 8.52. The van der Waals surface area contributed by atoms with Crippen LogP contribution in [-0.4, -0.2) is 38.9 Å². The van der Waals surface area contributed by atoms with Crippen LogP contribution in [-0.2, 0) is 9.53 Å². The summed E-state index contributed by atoms with van der Waals surface area (Å²) in [4.78, 5) is 11.9. The molecule has 0 bridgehead atoms. The van der Waals surface area contributed by atoms with Crippen LogP contribution in [0.15, 0.2) is 24.3 Å². The maximum absolute atomic E-state index is 11.9. The Hall–Kier alpha value is -1.75. The monoisotopic (exact) mass is 295 g/mol. The van der Waals surface area contributed by atoms with Gasteiger partial charge in [-0.15, -0.1) is 0 Å². The summed E-state index contributed by atoms with van der Waals surface area (Å²) >= 11 is 0. The molecular formula is C16H25NO4. The lowest BCUT2D eigenvalue weighted by molar-refractivity contribution is -0.148. The molecule has 0 aliphatic rings. The highest BCUT2D eigenvalue weighted by Crippen LogP contribution is 2.26. The van der Waals surface area contributed by atoms with Gasteiger partial charge in [-0.25, -0.2) is 0 Å². The summed E-state index contributed by atoms with van der Waals surface area (Å²) in [5.41, 5.74) is -0.743. The molecule has 5 nitrogen and oxygen atoms in total. The Kier molecular flexibility index (Phi) is 7.02. The zero-order valence-electron chi connectivity index (χ0n) is 13.3. The number of carbonyl (C=O) groups excluding carboxylic acids is 1. The third-order valence-corrected chi connectivity index (χ3v) is 3.33. The minimum Gasteiger partial charge on any atom is -0.493 e. The summed E-state index contributed by atoms with van der Waals surface area (Å²) in [7, 11) is 3.00. The lowest BCUT2D eigenvalue weighted by atomic mass is 9.98. The van der Waals surface area contributed by atoms with Crippen LogP contribution in [0.25, 0.3) is 0 Å². The Labute approximate surface area is 126 Å². The number of carbonyl (C=O) groups is 1. The molecular weight excluding hydrogens is 270 g/mol. The lowest BCUT2D eigenvalue weighted by Crippen LogP contribution is -2.51. The largest absolute Gasteiger partial charge is 0.493 e. The van der Waals surface area contributed by atoms with Crippen LogP contribution < -0.4 is 14.8 Å². The molecule has 0 fully saturated rings. The van der Waals surface area contributed by atoms with E-state index >= 15 is 0 Å². The van der Waals surface area contributed by atoms with E-state index in [0.717, 1.165) is 13.0 Å². The highest BCUT2D eigenvalue weighted by Gasteiger charge is 2.33. The second-order valence-corrected chi connectivity index (χ2v) is 5.00. The fourth-order valence-electron chi connectivity index (χ4n) is 1.99. The number of rotatable bonds is 9. The fourth-order valence-corrected chi connectivity index (χ4v) is 1.99. The molecule has 0 amide bonds. The summed E-state index contributed by atoms with van der Waals surface area (Å²) in [6, 6.07) is 7.44. The number of benzene rings is 1. The first-order chi connectivity index (χ1) is 10.1. The van der Waals surface area contributed by atoms with Gasteiger partial charge in [-0.1, -0.05) is 19.1 Å². The van der Waals surface area contributed by atoms with Gasteiger partial charge in [0, 0.05) is 6.42 Å². The van der Waals surface area contributed by atoms with E-state index < -0.39 is 5.54 Å². The molecule has 5 heteroatoms. The molecule has 1 aromatic carbocycles. The molecule has 1 rings (SSSR count). The molecule has 0 aliphatic carbocycles. The summed E-state index contributed by atoms with van der Waals surface area (Å²) in [5.74, 6) is 1.07. The van der Waals surface area contributed by atoms with Crippen molar-refractivity contribution in [2.45, 2.75) is 32.2 Å². The molecule has 118 valence electrons. The van der Waals surface area contributed by atoms with Gasteiger partial charge >= 0.3 is 5.97 Å². The van der Waals surface area contributed by atoms with Crippen LogP contribution >= 0.6 is 0 Å². The highest BCUT2D eigenvalue weighted by molar-refractivity contribution is 5.80. The molecule has 0 saturated carbocycles. The number of ether oxygens (including phenoxy) is 3. The van der Waals surface area contributed by atoms with Crippen LogP contribution in [0.1, 0.15) is 26.7 Å². The van der Waals surface area contributed by atoms with Crippen LogP contribution in [0.5, 0.6) is 11.5 Å². The molecule has 1 N–H and O–H groups in total. The van der Waals surface area contributed by atoms with E-state index in [2.05, 4.69) is 12.2 Å². The second-order valence-electron chi connectivity index (χ2n) is 5.00. The van der Waals surface area contributed by atoms with Crippen molar-refractivity contribution in [2.75, 3.05) is 27.4 Å². The molecule has 1 atom stereocenters. The van der Waals surface area contributed by atoms with Gasteiger partial charge in [-0.05, 0) is 32.0 Å². The average molecular weight is 295 g/mol. The molecule has 1 unspecified atom stereocenters. The van der Waals surface area contributed by atoms with Crippen LogP contribution in [0, 0.1) is 0 Å². The first kappa shape index (κ1) is 17.3. The van der Waals surface area contributed by atoms with Gasteiger partial charge in [0.05, 0.1) is 20.8 Å². The van der Waals surface area contributed by atoms with E-state index in [1.807, 2.05) is 31.2 Å². The third kappa shape index (κ3) is 4.93. The van der Waals surface area contributed by atoms with Crippen molar-refractivity contribution in [3.05, 3.63) is 24.3 Å². The molecule has 0 radical (unpaired) electrons. The van der Waals surface area contributed by atoms with E-state index in [9.17, 15) is 4.79 Å². The van der Waals surface area contributed by atoms with Gasteiger partial charge in [-0.3, -0.25) is 4.79 Å². The lowest BCUT2D eigenvalue weighted by Gasteiger charge is -2.28. The van der Waals surface area contributed by atoms with Crippen molar-refractivity contribution in [3.8, 4) is 11.5 Å². The SMILES string of the molecule is CCCNC(C)(CCOc1ccccc1OC)C(=O)OC. The van der Waals surface area contributed by atoms with E-state index in [1.54, 1.807) is 7.11 Å². The molecule has 0 heterocycles. The van der Waals surface area contributed by atoms with Crippen molar-refractivity contribution < 1.29 is 19.0 Å². The Balaban J connectivity index is 2.63. The maximum atomic E-state index is 11.9. The first-order valence-corrected chi connectivity index (χ1v) is 7.16. The molecule has 21 heavy (non-hydrogen) atoms. The predicted molar refractivity (Wildman–Crippen MR) is 81.8 cm³/mol. The quantitative estimate of drug-likeness (QED) is 0.709. The normalized spacial score (nSPS) is 13.3. The number of hydrogen-bond donors (Lipinski definition) is 1. The Morgan fingerprint density at radius 2 is 1.90 bits per heavy atom. The average Bonchev–Trinajstić information content (AvgIpc) is 2.52. The fraction of sp³-hybridized carbons (Fsp3) is 0.562. The summed E-state index contributed by atoms with van der Waals surface area (Å²) in [5, 5.41) is 3.23. The maximum Gasteiger partial charge on any atom is 0.325 e.